The molecule has 0 saturated heterocycles. The monoisotopic (exact) mass is 555 g/mol. The smallest absolute Gasteiger partial charge is 0.354 e. The van der Waals surface area contributed by atoms with Crippen molar-refractivity contribution in [3.8, 4) is 11.4 Å². The van der Waals surface area contributed by atoms with E-state index < -0.39 is 11.2 Å². The van der Waals surface area contributed by atoms with Gasteiger partial charge in [0.15, 0.2) is 5.75 Å². The first-order chi connectivity index (χ1) is 16.4. The van der Waals surface area contributed by atoms with Gasteiger partial charge >= 0.3 is 5.63 Å². The number of pyridine rings is 1. The maximum Gasteiger partial charge on any atom is 0.354 e. The molecule has 5 nitrogen and oxygen atoms in total. The molecule has 1 aliphatic carbocycles. The summed E-state index contributed by atoms with van der Waals surface area (Å²) in [7, 11) is 0. The molecule has 0 atom stereocenters. The molecular weight excluding hydrogens is 538 g/mol. The van der Waals surface area contributed by atoms with E-state index in [0.717, 1.165) is 70.2 Å². The largest absolute Gasteiger partial charge is 0.505 e. The highest BCUT2D eigenvalue weighted by Gasteiger charge is 2.45. The molecule has 1 N–H and O–H groups in total. The van der Waals surface area contributed by atoms with Gasteiger partial charge in [0.2, 0.25) is 0 Å². The highest BCUT2D eigenvalue weighted by atomic mass is 79.9. The Kier molecular flexibility index (Phi) is 5.20. The Hall–Kier alpha value is -2.48. The Morgan fingerprint density at radius 1 is 1.06 bits per heavy atom. The van der Waals surface area contributed by atoms with Crippen molar-refractivity contribution in [3.63, 3.8) is 0 Å². The number of aromatic nitrogens is 1. The van der Waals surface area contributed by atoms with Gasteiger partial charge in [-0.3, -0.25) is 9.36 Å². The Labute approximate surface area is 212 Å². The number of nitrogens with zero attached hydrogens (tertiary/aromatic N) is 1. The average Bonchev–Trinajstić information content (AvgIpc) is 3.07. The van der Waals surface area contributed by atoms with Crippen LogP contribution in [0.3, 0.4) is 0 Å². The van der Waals surface area contributed by atoms with E-state index in [2.05, 4.69) is 15.9 Å². The van der Waals surface area contributed by atoms with Crippen LogP contribution in [0.4, 0.5) is 0 Å². The second kappa shape index (κ2) is 8.04. The molecular formula is C26H19BrClNO4S. The lowest BCUT2D eigenvalue weighted by molar-refractivity contribution is 0.346. The fourth-order valence-corrected chi connectivity index (χ4v) is 7.02. The summed E-state index contributed by atoms with van der Waals surface area (Å²) in [6.07, 6.45) is 4.99. The van der Waals surface area contributed by atoms with Gasteiger partial charge in [-0.15, -0.1) is 0 Å². The molecule has 2 aliphatic rings. The van der Waals surface area contributed by atoms with Gasteiger partial charge < -0.3 is 9.52 Å². The van der Waals surface area contributed by atoms with Crippen LogP contribution in [0.1, 0.15) is 43.4 Å². The van der Waals surface area contributed by atoms with Crippen molar-refractivity contribution in [3.05, 3.63) is 90.1 Å². The van der Waals surface area contributed by atoms with Crippen molar-refractivity contribution >= 4 is 50.3 Å². The zero-order valence-electron chi connectivity index (χ0n) is 17.9. The molecule has 1 spiro atoms. The molecule has 2 aromatic heterocycles. The minimum Gasteiger partial charge on any atom is -0.505 e. The number of halogens is 2. The highest BCUT2D eigenvalue weighted by Crippen LogP contribution is 2.52. The third-order valence-corrected chi connectivity index (χ3v) is 9.30. The summed E-state index contributed by atoms with van der Waals surface area (Å²) in [5, 5.41) is 11.8. The first-order valence-corrected chi connectivity index (χ1v) is 13.1. The lowest BCUT2D eigenvalue weighted by atomic mass is 9.68. The molecule has 172 valence electrons. The molecule has 1 fully saturated rings. The van der Waals surface area contributed by atoms with Crippen LogP contribution in [-0.2, 0) is 5.41 Å². The van der Waals surface area contributed by atoms with Crippen LogP contribution in [0.2, 0.25) is 5.02 Å². The van der Waals surface area contributed by atoms with Gasteiger partial charge in [0.1, 0.15) is 15.9 Å². The minimum atomic E-state index is -0.675. The third kappa shape index (κ3) is 3.13. The molecule has 4 aromatic rings. The van der Waals surface area contributed by atoms with Gasteiger partial charge in [-0.25, -0.2) is 4.79 Å². The molecule has 0 bridgehead atoms. The van der Waals surface area contributed by atoms with Crippen molar-refractivity contribution in [2.75, 3.05) is 0 Å². The van der Waals surface area contributed by atoms with Crippen LogP contribution in [0.15, 0.2) is 76.8 Å². The van der Waals surface area contributed by atoms with E-state index >= 15 is 0 Å². The van der Waals surface area contributed by atoms with Crippen LogP contribution in [0, 0.1) is 0 Å². The van der Waals surface area contributed by atoms with Crippen LogP contribution in [0.25, 0.3) is 16.7 Å². The molecule has 0 unspecified atom stereocenters. The zero-order chi connectivity index (χ0) is 23.6. The Bertz CT molecular complexity index is 1600. The predicted octanol–water partition coefficient (Wildman–Crippen LogP) is 6.78. The van der Waals surface area contributed by atoms with Gasteiger partial charge in [0.05, 0.1) is 5.69 Å². The van der Waals surface area contributed by atoms with E-state index in [1.807, 2.05) is 36.4 Å². The molecule has 0 radical (unpaired) electrons. The molecule has 6 rings (SSSR count). The summed E-state index contributed by atoms with van der Waals surface area (Å²) >= 11 is 10.9. The van der Waals surface area contributed by atoms with Crippen LogP contribution in [0.5, 0.6) is 5.75 Å². The quantitative estimate of drug-likeness (QED) is 0.295. The van der Waals surface area contributed by atoms with Crippen LogP contribution >= 0.6 is 39.3 Å². The van der Waals surface area contributed by atoms with E-state index in [1.165, 1.54) is 0 Å². The van der Waals surface area contributed by atoms with Gasteiger partial charge in [-0.05, 0) is 64.7 Å². The van der Waals surface area contributed by atoms with E-state index in [-0.39, 0.29) is 27.0 Å². The predicted molar refractivity (Wildman–Crippen MR) is 137 cm³/mol. The molecule has 1 aliphatic heterocycles. The summed E-state index contributed by atoms with van der Waals surface area (Å²) < 4.78 is 8.10. The zero-order valence-corrected chi connectivity index (χ0v) is 21.1. The van der Waals surface area contributed by atoms with E-state index in [4.69, 9.17) is 16.0 Å². The number of hydrogen-bond donors (Lipinski definition) is 1. The lowest BCUT2D eigenvalue weighted by Crippen LogP contribution is -2.31. The Morgan fingerprint density at radius 2 is 1.82 bits per heavy atom. The van der Waals surface area contributed by atoms with Crippen LogP contribution < -0.4 is 11.2 Å². The number of hydrogen-bond acceptors (Lipinski definition) is 5. The molecule has 3 heterocycles. The lowest BCUT2D eigenvalue weighted by Gasteiger charge is -2.34. The Morgan fingerprint density at radius 3 is 2.59 bits per heavy atom. The summed E-state index contributed by atoms with van der Waals surface area (Å²) in [5.41, 5.74) is 1.29. The topological polar surface area (TPSA) is 72.4 Å². The fraction of sp³-hybridized carbons (Fsp3) is 0.231. The Balaban J connectivity index is 1.64. The highest BCUT2D eigenvalue weighted by molar-refractivity contribution is 9.10. The first-order valence-electron chi connectivity index (χ1n) is 11.1. The molecule has 8 heteroatoms. The van der Waals surface area contributed by atoms with E-state index in [1.54, 1.807) is 16.7 Å². The summed E-state index contributed by atoms with van der Waals surface area (Å²) in [6.45, 7) is 0. The van der Waals surface area contributed by atoms with Crippen molar-refractivity contribution in [1.82, 2.24) is 4.57 Å². The number of rotatable bonds is 2. The maximum atomic E-state index is 13.9. The molecule has 2 aromatic carbocycles. The molecule has 0 amide bonds. The summed E-state index contributed by atoms with van der Waals surface area (Å²) in [5.74, 6) is -0.354. The molecule has 34 heavy (non-hydrogen) atoms. The van der Waals surface area contributed by atoms with Gasteiger partial charge in [-0.1, -0.05) is 54.8 Å². The second-order valence-corrected chi connectivity index (χ2v) is 11.2. The van der Waals surface area contributed by atoms with Gasteiger partial charge in [0.25, 0.3) is 5.56 Å². The normalized spacial score (nSPS) is 16.1. The maximum absolute atomic E-state index is 13.9. The van der Waals surface area contributed by atoms with Gasteiger partial charge in [-0.2, -0.15) is 0 Å². The number of benzene rings is 2. The minimum absolute atomic E-state index is 0.00617. The summed E-state index contributed by atoms with van der Waals surface area (Å²) in [4.78, 5) is 27.5. The number of fused-ring (bicyclic) bond motifs is 6. The van der Waals surface area contributed by atoms with Crippen molar-refractivity contribution in [2.24, 2.45) is 0 Å². The SMILES string of the molecule is O=c1oc2cc3n(c(=O)c2c(O)c1Sc1ccccc1Br)-c1ccc(Cl)cc1C31CCCCC1. The van der Waals surface area contributed by atoms with Crippen molar-refractivity contribution in [2.45, 2.75) is 47.3 Å². The third-order valence-electron chi connectivity index (χ3n) is 6.97. The average molecular weight is 557 g/mol. The molecule has 1 saturated carbocycles. The van der Waals surface area contributed by atoms with Crippen LogP contribution in [-0.4, -0.2) is 9.67 Å². The van der Waals surface area contributed by atoms with E-state index in [0.29, 0.717) is 5.02 Å². The van der Waals surface area contributed by atoms with E-state index in [9.17, 15) is 14.7 Å². The van der Waals surface area contributed by atoms with Crippen molar-refractivity contribution < 1.29 is 9.52 Å². The summed E-state index contributed by atoms with van der Waals surface area (Å²) in [6, 6.07) is 14.7. The first kappa shape index (κ1) is 22.0. The number of aromatic hydroxyl groups is 1. The van der Waals surface area contributed by atoms with Crippen molar-refractivity contribution in [1.29, 1.82) is 0 Å². The second-order valence-electron chi connectivity index (χ2n) is 8.81. The van der Waals surface area contributed by atoms with Gasteiger partial charge in [0, 0.05) is 31.6 Å². The standard InChI is InChI=1S/C26H19BrClNO4S/c27-16-6-2-3-7-19(16)34-23-22(30)21-18(33-25(23)32)13-20-26(10-4-1-5-11-26)15-12-14(28)8-9-17(15)29(20)24(21)31/h2-3,6-9,12-13,30H,1,4-5,10-11H2. The fourth-order valence-electron chi connectivity index (χ4n) is 5.47.